The fourth-order valence-electron chi connectivity index (χ4n) is 1.65. The van der Waals surface area contributed by atoms with Crippen LogP contribution < -0.4 is 10.1 Å². The number of halogens is 3. The topological polar surface area (TPSA) is 21.3 Å². The van der Waals surface area contributed by atoms with Gasteiger partial charge in [-0.15, -0.1) is 0 Å². The molecule has 0 aromatic heterocycles. The van der Waals surface area contributed by atoms with E-state index in [9.17, 15) is 4.39 Å². The van der Waals surface area contributed by atoms with Crippen molar-refractivity contribution in [3.05, 3.63) is 57.3 Å². The van der Waals surface area contributed by atoms with Crippen LogP contribution in [-0.4, -0.2) is 7.05 Å². The van der Waals surface area contributed by atoms with Gasteiger partial charge in [-0.1, -0.05) is 27.5 Å². The first kappa shape index (κ1) is 14.3. The van der Waals surface area contributed by atoms with Gasteiger partial charge in [0.15, 0.2) is 0 Å². The average Bonchev–Trinajstić information content (AvgIpc) is 2.37. The van der Waals surface area contributed by atoms with Crippen molar-refractivity contribution in [1.82, 2.24) is 5.32 Å². The van der Waals surface area contributed by atoms with Crippen molar-refractivity contribution >= 4 is 27.5 Å². The molecule has 0 spiro atoms. The van der Waals surface area contributed by atoms with E-state index in [2.05, 4.69) is 21.2 Å². The molecular weight excluding hydrogens is 333 g/mol. The predicted octanol–water partition coefficient (Wildman–Crippen LogP) is 4.75. The monoisotopic (exact) mass is 343 g/mol. The summed E-state index contributed by atoms with van der Waals surface area (Å²) in [6.45, 7) is 0.513. The maximum atomic E-state index is 13.2. The van der Waals surface area contributed by atoms with Gasteiger partial charge in [-0.25, -0.2) is 4.39 Å². The molecule has 0 heterocycles. The van der Waals surface area contributed by atoms with E-state index in [-0.39, 0.29) is 5.82 Å². The molecule has 0 saturated heterocycles. The standard InChI is InChI=1S/C14H12BrClFNO/c1-18-8-9-6-11(17)3-5-13(9)19-14-7-10(15)2-4-12(14)16/h2-7,18H,8H2,1H3. The Morgan fingerprint density at radius 3 is 2.74 bits per heavy atom. The maximum Gasteiger partial charge on any atom is 0.147 e. The Hall–Kier alpha value is -1.10. The van der Waals surface area contributed by atoms with E-state index in [1.165, 1.54) is 12.1 Å². The summed E-state index contributed by atoms with van der Waals surface area (Å²) in [6.07, 6.45) is 0. The Morgan fingerprint density at radius 2 is 2.00 bits per heavy atom. The summed E-state index contributed by atoms with van der Waals surface area (Å²) in [5.41, 5.74) is 0.735. The minimum absolute atomic E-state index is 0.294. The predicted molar refractivity (Wildman–Crippen MR) is 78.4 cm³/mol. The molecule has 0 radical (unpaired) electrons. The van der Waals surface area contributed by atoms with E-state index in [1.54, 1.807) is 25.2 Å². The second kappa shape index (κ2) is 6.37. The highest BCUT2D eigenvalue weighted by atomic mass is 79.9. The highest BCUT2D eigenvalue weighted by molar-refractivity contribution is 9.10. The summed E-state index contributed by atoms with van der Waals surface area (Å²) in [5.74, 6) is 0.814. The zero-order chi connectivity index (χ0) is 13.8. The lowest BCUT2D eigenvalue weighted by Gasteiger charge is -2.12. The molecule has 2 nitrogen and oxygen atoms in total. The summed E-state index contributed by atoms with van der Waals surface area (Å²) >= 11 is 9.43. The van der Waals surface area contributed by atoms with Crippen molar-refractivity contribution in [2.24, 2.45) is 0 Å². The van der Waals surface area contributed by atoms with E-state index >= 15 is 0 Å². The third-order valence-corrected chi connectivity index (χ3v) is 3.31. The van der Waals surface area contributed by atoms with Gasteiger partial charge < -0.3 is 10.1 Å². The summed E-state index contributed by atoms with van der Waals surface area (Å²) in [6, 6.07) is 9.74. The van der Waals surface area contributed by atoms with Gasteiger partial charge in [-0.05, 0) is 43.4 Å². The molecule has 0 saturated carbocycles. The van der Waals surface area contributed by atoms with Crippen LogP contribution in [0.3, 0.4) is 0 Å². The second-order valence-electron chi connectivity index (χ2n) is 3.96. The van der Waals surface area contributed by atoms with Crippen molar-refractivity contribution in [2.75, 3.05) is 7.05 Å². The lowest BCUT2D eigenvalue weighted by atomic mass is 10.2. The molecule has 0 aliphatic heterocycles. The van der Waals surface area contributed by atoms with Gasteiger partial charge in [0.2, 0.25) is 0 Å². The van der Waals surface area contributed by atoms with Crippen molar-refractivity contribution in [2.45, 2.75) is 6.54 Å². The molecule has 0 amide bonds. The zero-order valence-electron chi connectivity index (χ0n) is 10.2. The second-order valence-corrected chi connectivity index (χ2v) is 5.28. The number of ether oxygens (including phenoxy) is 1. The molecule has 0 atom stereocenters. The van der Waals surface area contributed by atoms with Crippen LogP contribution in [0.25, 0.3) is 0 Å². The van der Waals surface area contributed by atoms with Crippen LogP contribution in [0.4, 0.5) is 4.39 Å². The first-order chi connectivity index (χ1) is 9.10. The van der Waals surface area contributed by atoms with Crippen molar-refractivity contribution in [1.29, 1.82) is 0 Å². The van der Waals surface area contributed by atoms with Gasteiger partial charge in [0.05, 0.1) is 5.02 Å². The SMILES string of the molecule is CNCc1cc(F)ccc1Oc1cc(Br)ccc1Cl. The molecule has 2 rings (SSSR count). The van der Waals surface area contributed by atoms with Crippen LogP contribution in [-0.2, 0) is 6.54 Å². The third kappa shape index (κ3) is 3.69. The Bertz CT molecular complexity index is 592. The van der Waals surface area contributed by atoms with Gasteiger partial charge in [-0.2, -0.15) is 0 Å². The fraction of sp³-hybridized carbons (Fsp3) is 0.143. The van der Waals surface area contributed by atoms with Crippen molar-refractivity contribution in [3.63, 3.8) is 0 Å². The smallest absolute Gasteiger partial charge is 0.147 e. The average molecular weight is 345 g/mol. The summed E-state index contributed by atoms with van der Waals surface area (Å²) in [7, 11) is 1.79. The molecule has 0 unspecified atom stereocenters. The molecule has 0 bridgehead atoms. The molecule has 19 heavy (non-hydrogen) atoms. The lowest BCUT2D eigenvalue weighted by molar-refractivity contribution is 0.471. The summed E-state index contributed by atoms with van der Waals surface area (Å²) in [5, 5.41) is 3.48. The van der Waals surface area contributed by atoms with E-state index in [0.717, 1.165) is 10.0 Å². The van der Waals surface area contributed by atoms with Crippen LogP contribution in [0.15, 0.2) is 40.9 Å². The molecule has 5 heteroatoms. The Morgan fingerprint density at radius 1 is 1.21 bits per heavy atom. The lowest BCUT2D eigenvalue weighted by Crippen LogP contribution is -2.06. The first-order valence-corrected chi connectivity index (χ1v) is 6.83. The number of rotatable bonds is 4. The minimum atomic E-state index is -0.294. The van der Waals surface area contributed by atoms with Crippen LogP contribution in [0.2, 0.25) is 5.02 Å². The fourth-order valence-corrected chi connectivity index (χ4v) is 2.15. The van der Waals surface area contributed by atoms with E-state index < -0.39 is 0 Å². The maximum absolute atomic E-state index is 13.2. The quantitative estimate of drug-likeness (QED) is 0.864. The van der Waals surface area contributed by atoms with Crippen LogP contribution in [0, 0.1) is 5.82 Å². The van der Waals surface area contributed by atoms with Gasteiger partial charge in [0.25, 0.3) is 0 Å². The number of hydrogen-bond acceptors (Lipinski definition) is 2. The normalized spacial score (nSPS) is 10.5. The van der Waals surface area contributed by atoms with E-state index in [0.29, 0.717) is 23.1 Å². The van der Waals surface area contributed by atoms with Gasteiger partial charge in [0.1, 0.15) is 17.3 Å². The molecule has 0 fully saturated rings. The summed E-state index contributed by atoms with van der Waals surface area (Å²) < 4.78 is 19.9. The number of hydrogen-bond donors (Lipinski definition) is 1. The van der Waals surface area contributed by atoms with Gasteiger partial charge in [0, 0.05) is 16.6 Å². The molecule has 2 aromatic carbocycles. The first-order valence-electron chi connectivity index (χ1n) is 5.66. The number of nitrogens with one attached hydrogen (secondary N) is 1. The van der Waals surface area contributed by atoms with E-state index in [4.69, 9.17) is 16.3 Å². The van der Waals surface area contributed by atoms with E-state index in [1.807, 2.05) is 6.07 Å². The molecule has 0 aliphatic carbocycles. The molecule has 2 aromatic rings. The largest absolute Gasteiger partial charge is 0.455 e. The Labute approximate surface area is 124 Å². The van der Waals surface area contributed by atoms with Gasteiger partial charge in [-0.3, -0.25) is 0 Å². The Kier molecular flexibility index (Phi) is 4.80. The minimum Gasteiger partial charge on any atom is -0.455 e. The molecule has 1 N–H and O–H groups in total. The highest BCUT2D eigenvalue weighted by Gasteiger charge is 2.09. The molecule has 100 valence electrons. The van der Waals surface area contributed by atoms with Crippen LogP contribution in [0.5, 0.6) is 11.5 Å². The van der Waals surface area contributed by atoms with Crippen molar-refractivity contribution < 1.29 is 9.13 Å². The van der Waals surface area contributed by atoms with Crippen LogP contribution >= 0.6 is 27.5 Å². The van der Waals surface area contributed by atoms with Gasteiger partial charge >= 0.3 is 0 Å². The molecule has 0 aliphatic rings. The van der Waals surface area contributed by atoms with Crippen molar-refractivity contribution in [3.8, 4) is 11.5 Å². The van der Waals surface area contributed by atoms with Crippen LogP contribution in [0.1, 0.15) is 5.56 Å². The third-order valence-electron chi connectivity index (χ3n) is 2.50. The number of benzene rings is 2. The molecular formula is C14H12BrClFNO. The highest BCUT2D eigenvalue weighted by Crippen LogP contribution is 2.33. The summed E-state index contributed by atoms with van der Waals surface area (Å²) in [4.78, 5) is 0. The zero-order valence-corrected chi connectivity index (χ0v) is 12.6. The Balaban J connectivity index is 2.34.